The lowest BCUT2D eigenvalue weighted by Gasteiger charge is -2.18. The van der Waals surface area contributed by atoms with Crippen LogP contribution in [0.1, 0.15) is 12.8 Å². The van der Waals surface area contributed by atoms with Gasteiger partial charge in [-0.25, -0.2) is 14.4 Å². The van der Waals surface area contributed by atoms with E-state index in [4.69, 9.17) is 14.2 Å². The van der Waals surface area contributed by atoms with E-state index in [1.165, 1.54) is 30.5 Å². The molecule has 186 valence electrons. The minimum absolute atomic E-state index is 0.275. The topological polar surface area (TPSA) is 125 Å². The molecular weight excluding hydrogens is 481 g/mol. The summed E-state index contributed by atoms with van der Waals surface area (Å²) in [7, 11) is 0. The van der Waals surface area contributed by atoms with Crippen molar-refractivity contribution >= 4 is 34.2 Å². The highest BCUT2D eigenvalue weighted by atomic mass is 19.1. The Balaban J connectivity index is 1.14. The molecule has 2 amide bonds. The molecule has 0 radical (unpaired) electrons. The van der Waals surface area contributed by atoms with Crippen molar-refractivity contribution in [3.8, 4) is 23.3 Å². The van der Waals surface area contributed by atoms with E-state index in [1.54, 1.807) is 30.5 Å². The summed E-state index contributed by atoms with van der Waals surface area (Å²) < 4.78 is 30.2. The van der Waals surface area contributed by atoms with Gasteiger partial charge in [-0.05, 0) is 43.2 Å². The molecule has 0 spiro atoms. The molecule has 2 N–H and O–H groups in total. The molecule has 1 aromatic carbocycles. The Kier molecular flexibility index (Phi) is 5.52. The summed E-state index contributed by atoms with van der Waals surface area (Å²) in [6.45, 7) is 0.856. The van der Waals surface area contributed by atoms with Gasteiger partial charge in [-0.15, -0.1) is 0 Å². The maximum Gasteiger partial charge on any atom is 0.257 e. The maximum absolute atomic E-state index is 13.1. The quantitative estimate of drug-likeness (QED) is 0.379. The maximum atomic E-state index is 13.1. The summed E-state index contributed by atoms with van der Waals surface area (Å²) in [6.07, 6.45) is 3.87. The van der Waals surface area contributed by atoms with Crippen molar-refractivity contribution in [1.82, 2.24) is 15.0 Å². The third-order valence-electron chi connectivity index (χ3n) is 6.12. The van der Waals surface area contributed by atoms with Gasteiger partial charge in [0.05, 0.1) is 17.4 Å². The summed E-state index contributed by atoms with van der Waals surface area (Å²) in [5.41, 5.74) is 0.741. The zero-order valence-electron chi connectivity index (χ0n) is 19.4. The number of carbonyl (C=O) groups is 2. The molecule has 37 heavy (non-hydrogen) atoms. The minimum atomic E-state index is -1.17. The Morgan fingerprint density at radius 2 is 1.65 bits per heavy atom. The number of benzene rings is 1. The second-order valence-corrected chi connectivity index (χ2v) is 8.65. The minimum Gasteiger partial charge on any atom is -0.484 e. The molecule has 6 rings (SSSR count). The number of nitrogens with zero attached hydrogens (tertiary/aromatic N) is 3. The van der Waals surface area contributed by atoms with E-state index in [0.29, 0.717) is 65.8 Å². The lowest BCUT2D eigenvalue weighted by atomic mass is 10.0. The molecule has 0 saturated heterocycles. The molecule has 2 aliphatic rings. The van der Waals surface area contributed by atoms with Gasteiger partial charge < -0.3 is 24.8 Å². The van der Waals surface area contributed by atoms with Crippen molar-refractivity contribution in [3.05, 3.63) is 66.7 Å². The fourth-order valence-corrected chi connectivity index (χ4v) is 3.94. The number of ether oxygens (including phenoxy) is 3. The van der Waals surface area contributed by atoms with Gasteiger partial charge in [0, 0.05) is 30.1 Å². The summed E-state index contributed by atoms with van der Waals surface area (Å²) in [5.74, 6) is 0.337. The van der Waals surface area contributed by atoms with Crippen LogP contribution in [0, 0.1) is 11.2 Å². The number of pyridine rings is 3. The highest BCUT2D eigenvalue weighted by Crippen LogP contribution is 2.47. The van der Waals surface area contributed by atoms with Crippen LogP contribution in [0.2, 0.25) is 0 Å². The van der Waals surface area contributed by atoms with Crippen molar-refractivity contribution in [2.75, 3.05) is 23.8 Å². The number of hydrogen-bond acceptors (Lipinski definition) is 8. The normalized spacial score (nSPS) is 15.1. The second kappa shape index (κ2) is 9.01. The van der Waals surface area contributed by atoms with E-state index in [9.17, 15) is 14.0 Å². The largest absolute Gasteiger partial charge is 0.484 e. The van der Waals surface area contributed by atoms with Crippen LogP contribution >= 0.6 is 0 Å². The van der Waals surface area contributed by atoms with Gasteiger partial charge in [0.15, 0.2) is 11.5 Å². The first-order valence-electron chi connectivity index (χ1n) is 11.6. The van der Waals surface area contributed by atoms with Crippen LogP contribution in [0.15, 0.2) is 60.9 Å². The number of fused-ring (bicyclic) bond motifs is 2. The monoisotopic (exact) mass is 501 g/mol. The summed E-state index contributed by atoms with van der Waals surface area (Å²) >= 11 is 0. The highest BCUT2D eigenvalue weighted by molar-refractivity contribution is 6.16. The fraction of sp³-hybridized carbons (Fsp3) is 0.192. The Bertz CT molecular complexity index is 1510. The molecule has 0 atom stereocenters. The molecule has 1 aliphatic carbocycles. The van der Waals surface area contributed by atoms with Gasteiger partial charge in [0.1, 0.15) is 30.0 Å². The van der Waals surface area contributed by atoms with Crippen LogP contribution in [0.25, 0.3) is 11.0 Å². The first-order valence-corrected chi connectivity index (χ1v) is 11.6. The van der Waals surface area contributed by atoms with E-state index in [0.717, 1.165) is 0 Å². The van der Waals surface area contributed by atoms with E-state index in [2.05, 4.69) is 25.6 Å². The van der Waals surface area contributed by atoms with Gasteiger partial charge in [-0.3, -0.25) is 14.6 Å². The molecule has 11 heteroatoms. The Labute approximate surface area is 209 Å². The van der Waals surface area contributed by atoms with Gasteiger partial charge in [0.25, 0.3) is 5.88 Å². The number of anilines is 2. The highest BCUT2D eigenvalue weighted by Gasteiger charge is 2.56. The number of amides is 2. The molecule has 10 nitrogen and oxygen atoms in total. The Morgan fingerprint density at radius 3 is 2.38 bits per heavy atom. The van der Waals surface area contributed by atoms with Crippen LogP contribution in [-0.2, 0) is 9.59 Å². The van der Waals surface area contributed by atoms with E-state index < -0.39 is 23.0 Å². The van der Waals surface area contributed by atoms with Crippen LogP contribution < -0.4 is 24.8 Å². The van der Waals surface area contributed by atoms with Crippen molar-refractivity contribution < 1.29 is 28.2 Å². The van der Waals surface area contributed by atoms with Crippen LogP contribution in [0.3, 0.4) is 0 Å². The molecular formula is C26H20FN5O5. The van der Waals surface area contributed by atoms with Crippen molar-refractivity contribution in [2.45, 2.75) is 12.8 Å². The van der Waals surface area contributed by atoms with E-state index >= 15 is 0 Å². The molecule has 0 bridgehead atoms. The molecule has 4 heterocycles. The van der Waals surface area contributed by atoms with Crippen LogP contribution in [-0.4, -0.2) is 40.0 Å². The predicted octanol–water partition coefficient (Wildman–Crippen LogP) is 4.08. The van der Waals surface area contributed by atoms with E-state index in [1.807, 2.05) is 0 Å². The lowest BCUT2D eigenvalue weighted by Crippen LogP contribution is -2.35. The third kappa shape index (κ3) is 4.46. The van der Waals surface area contributed by atoms with Gasteiger partial charge in [0.2, 0.25) is 17.7 Å². The standard InChI is InChI=1S/C26H20FN5O5/c27-15-1-3-16(4-2-15)30-24(33)26(8-9-26)25(34)31-17-5-6-21(29-14-17)37-19-7-10-28-18-13-20-23(32-22(18)19)36-12-11-35-20/h1-7,10,13-14H,8-9,11-12H2,(H,30,33)(H,31,34). The van der Waals surface area contributed by atoms with Gasteiger partial charge >= 0.3 is 0 Å². The SMILES string of the molecule is O=C(Nc1ccc(F)cc1)C1(C(=O)Nc2ccc(Oc3ccnc4cc5c(nc34)OCCO5)nc2)CC1. The summed E-state index contributed by atoms with van der Waals surface area (Å²) in [5, 5.41) is 5.42. The average Bonchev–Trinajstić information content (AvgIpc) is 3.73. The first-order chi connectivity index (χ1) is 18.0. The molecule has 1 aliphatic heterocycles. The molecule has 3 aromatic heterocycles. The average molecular weight is 501 g/mol. The smallest absolute Gasteiger partial charge is 0.257 e. The van der Waals surface area contributed by atoms with Gasteiger partial charge in [-0.2, -0.15) is 0 Å². The van der Waals surface area contributed by atoms with Crippen LogP contribution in [0.5, 0.6) is 23.3 Å². The predicted molar refractivity (Wildman–Crippen MR) is 130 cm³/mol. The number of halogens is 1. The van der Waals surface area contributed by atoms with Crippen LogP contribution in [0.4, 0.5) is 15.8 Å². The lowest BCUT2D eigenvalue weighted by molar-refractivity contribution is -0.131. The molecule has 0 unspecified atom stereocenters. The third-order valence-corrected chi connectivity index (χ3v) is 6.12. The molecule has 1 fully saturated rings. The zero-order valence-corrected chi connectivity index (χ0v) is 19.4. The number of hydrogen-bond donors (Lipinski definition) is 2. The Hall–Kier alpha value is -4.80. The molecule has 4 aromatic rings. The van der Waals surface area contributed by atoms with Gasteiger partial charge in [-0.1, -0.05) is 0 Å². The van der Waals surface area contributed by atoms with Crippen molar-refractivity contribution in [1.29, 1.82) is 0 Å². The van der Waals surface area contributed by atoms with Crippen molar-refractivity contribution in [3.63, 3.8) is 0 Å². The number of rotatable bonds is 6. The molecule has 1 saturated carbocycles. The number of nitrogens with one attached hydrogen (secondary N) is 2. The number of aromatic nitrogens is 3. The summed E-state index contributed by atoms with van der Waals surface area (Å²) in [4.78, 5) is 38.7. The van der Waals surface area contributed by atoms with Crippen molar-refractivity contribution in [2.24, 2.45) is 5.41 Å². The van der Waals surface area contributed by atoms with E-state index in [-0.39, 0.29) is 5.88 Å². The fourth-order valence-electron chi connectivity index (χ4n) is 3.94. The number of carbonyl (C=O) groups excluding carboxylic acids is 2. The first kappa shape index (κ1) is 22.7. The Morgan fingerprint density at radius 1 is 0.919 bits per heavy atom. The summed E-state index contributed by atoms with van der Waals surface area (Å²) in [6, 6.07) is 12.0. The zero-order chi connectivity index (χ0) is 25.4. The second-order valence-electron chi connectivity index (χ2n) is 8.65.